The van der Waals surface area contributed by atoms with Crippen molar-refractivity contribution in [2.75, 3.05) is 0 Å². The molecule has 11 heavy (non-hydrogen) atoms. The average Bonchev–Trinajstić information content (AvgIpc) is 1.84. The van der Waals surface area contributed by atoms with Gasteiger partial charge in [0.2, 0.25) is 0 Å². The molecule has 0 saturated heterocycles. The first kappa shape index (κ1) is 10.1. The lowest BCUT2D eigenvalue weighted by atomic mass is 9.96. The zero-order chi connectivity index (χ0) is 9.02. The van der Waals surface area contributed by atoms with E-state index in [2.05, 4.69) is 0 Å². The summed E-state index contributed by atoms with van der Waals surface area (Å²) < 4.78 is 0. The van der Waals surface area contributed by atoms with Crippen molar-refractivity contribution in [1.29, 1.82) is 0 Å². The van der Waals surface area contributed by atoms with Crippen LogP contribution in [0.15, 0.2) is 0 Å². The van der Waals surface area contributed by atoms with Crippen molar-refractivity contribution in [2.45, 2.75) is 26.3 Å². The number of Topliss-reactive ketones (excluding diaryl/α,β-unsaturated/α-hetero) is 1. The molecule has 0 aliphatic carbocycles. The normalized spacial score (nSPS) is 15.5. The summed E-state index contributed by atoms with van der Waals surface area (Å²) in [6.45, 7) is 3.02. The van der Waals surface area contributed by atoms with Crippen molar-refractivity contribution in [1.82, 2.24) is 0 Å². The van der Waals surface area contributed by atoms with Gasteiger partial charge in [-0.2, -0.15) is 0 Å². The van der Waals surface area contributed by atoms with Crippen molar-refractivity contribution >= 4 is 11.8 Å². The van der Waals surface area contributed by atoms with Crippen molar-refractivity contribution < 1.29 is 14.7 Å². The molecule has 1 unspecified atom stereocenters. The second-order valence-corrected chi connectivity index (χ2v) is 2.71. The van der Waals surface area contributed by atoms with Crippen molar-refractivity contribution in [2.24, 2.45) is 11.7 Å². The first-order chi connectivity index (χ1) is 4.95. The quantitative estimate of drug-likeness (QED) is 0.605. The number of carbonyl (C=O) groups is 2. The highest BCUT2D eigenvalue weighted by atomic mass is 16.4. The number of carboxylic acid groups (broad SMARTS) is 1. The molecule has 0 fully saturated rings. The number of nitrogens with two attached hydrogens (primary N) is 1. The summed E-state index contributed by atoms with van der Waals surface area (Å²) in [6.07, 6.45) is -0.0548. The fraction of sp³-hybridized carbons (Fsp3) is 0.714. The molecule has 0 aromatic heterocycles. The lowest BCUT2D eigenvalue weighted by molar-refractivity contribution is -0.138. The highest BCUT2D eigenvalue weighted by Crippen LogP contribution is 2.06. The van der Waals surface area contributed by atoms with Gasteiger partial charge in [-0.3, -0.25) is 9.59 Å². The molecule has 0 spiro atoms. The molecule has 0 saturated carbocycles. The predicted octanol–water partition coefficient (Wildman–Crippen LogP) is 0.0135. The van der Waals surface area contributed by atoms with E-state index < -0.39 is 12.0 Å². The van der Waals surface area contributed by atoms with Crippen LogP contribution in [0.5, 0.6) is 0 Å². The van der Waals surface area contributed by atoms with E-state index in [9.17, 15) is 9.59 Å². The summed E-state index contributed by atoms with van der Waals surface area (Å²) in [5.41, 5.74) is 5.40. The van der Waals surface area contributed by atoms with Crippen LogP contribution in [0, 0.1) is 5.92 Å². The Morgan fingerprint density at radius 1 is 1.55 bits per heavy atom. The number of rotatable bonds is 4. The molecule has 4 nitrogen and oxygen atoms in total. The van der Waals surface area contributed by atoms with Crippen molar-refractivity contribution in [3.05, 3.63) is 0 Å². The summed E-state index contributed by atoms with van der Waals surface area (Å²) in [4.78, 5) is 20.8. The predicted molar refractivity (Wildman–Crippen MR) is 40.1 cm³/mol. The lowest BCUT2D eigenvalue weighted by Gasteiger charge is -2.13. The van der Waals surface area contributed by atoms with Gasteiger partial charge < -0.3 is 10.8 Å². The molecule has 2 atom stereocenters. The first-order valence-corrected chi connectivity index (χ1v) is 3.43. The Balaban J connectivity index is 3.92. The molecule has 0 aliphatic rings. The van der Waals surface area contributed by atoms with E-state index in [4.69, 9.17) is 10.8 Å². The number of hydrogen-bond acceptors (Lipinski definition) is 3. The van der Waals surface area contributed by atoms with Gasteiger partial charge in [0, 0.05) is 6.42 Å². The van der Waals surface area contributed by atoms with Gasteiger partial charge in [0.1, 0.15) is 5.78 Å². The van der Waals surface area contributed by atoms with E-state index >= 15 is 0 Å². The van der Waals surface area contributed by atoms with Crippen LogP contribution in [0.1, 0.15) is 20.3 Å². The fourth-order valence-corrected chi connectivity index (χ4v) is 0.803. The van der Waals surface area contributed by atoms with Crippen LogP contribution in [0.4, 0.5) is 0 Å². The Labute approximate surface area is 65.4 Å². The van der Waals surface area contributed by atoms with Crippen LogP contribution >= 0.6 is 0 Å². The van der Waals surface area contributed by atoms with E-state index in [1.54, 1.807) is 6.92 Å². The van der Waals surface area contributed by atoms with E-state index in [-0.39, 0.29) is 18.1 Å². The topological polar surface area (TPSA) is 80.4 Å². The molecule has 0 aliphatic heterocycles. The minimum absolute atomic E-state index is 0.0548. The third kappa shape index (κ3) is 3.72. The maximum absolute atomic E-state index is 10.6. The molecule has 64 valence electrons. The number of hydrogen-bond donors (Lipinski definition) is 2. The lowest BCUT2D eigenvalue weighted by Crippen LogP contribution is -2.36. The van der Waals surface area contributed by atoms with E-state index in [1.807, 2.05) is 0 Å². The fourth-order valence-electron chi connectivity index (χ4n) is 0.803. The first-order valence-electron chi connectivity index (χ1n) is 3.43. The second kappa shape index (κ2) is 4.08. The smallest absolute Gasteiger partial charge is 0.303 e. The largest absolute Gasteiger partial charge is 0.481 e. The summed E-state index contributed by atoms with van der Waals surface area (Å²) in [5, 5.41) is 8.35. The van der Waals surface area contributed by atoms with Crippen LogP contribution in [-0.4, -0.2) is 22.9 Å². The van der Waals surface area contributed by atoms with Gasteiger partial charge in [0.25, 0.3) is 0 Å². The summed E-state index contributed by atoms with van der Waals surface area (Å²) >= 11 is 0. The number of aliphatic carboxylic acids is 1. The Hall–Kier alpha value is -0.900. The minimum Gasteiger partial charge on any atom is -0.481 e. The average molecular weight is 159 g/mol. The van der Waals surface area contributed by atoms with Crippen molar-refractivity contribution in [3.63, 3.8) is 0 Å². The Bertz CT molecular complexity index is 167. The molecule has 0 aromatic carbocycles. The van der Waals surface area contributed by atoms with Crippen LogP contribution in [0.2, 0.25) is 0 Å². The highest BCUT2D eigenvalue weighted by molar-refractivity contribution is 5.82. The maximum Gasteiger partial charge on any atom is 0.303 e. The molecular formula is C7H13NO3. The molecule has 0 radical (unpaired) electrons. The molecular weight excluding hydrogens is 146 g/mol. The maximum atomic E-state index is 10.6. The number of ketones is 1. The molecule has 0 amide bonds. The zero-order valence-electron chi connectivity index (χ0n) is 6.70. The third-order valence-electron chi connectivity index (χ3n) is 1.58. The van der Waals surface area contributed by atoms with E-state index in [0.29, 0.717) is 0 Å². The summed E-state index contributed by atoms with van der Waals surface area (Å²) in [5.74, 6) is -1.38. The van der Waals surface area contributed by atoms with Crippen LogP contribution in [-0.2, 0) is 9.59 Å². The standard InChI is InChI=1S/C7H13NO3/c1-4(3-6(10)11)7(8)5(2)9/h4,7H,3,8H2,1-2H3,(H,10,11)/t4?,7-/m0/s1. The Morgan fingerprint density at radius 2 is 2.00 bits per heavy atom. The van der Waals surface area contributed by atoms with E-state index in [0.717, 1.165) is 0 Å². The molecule has 0 rings (SSSR count). The highest BCUT2D eigenvalue weighted by Gasteiger charge is 2.19. The summed E-state index contributed by atoms with van der Waals surface area (Å²) in [6, 6.07) is -0.647. The Kier molecular flexibility index (Phi) is 3.74. The molecule has 0 bridgehead atoms. The van der Waals surface area contributed by atoms with Crippen LogP contribution in [0.3, 0.4) is 0 Å². The second-order valence-electron chi connectivity index (χ2n) is 2.71. The SMILES string of the molecule is CC(=O)[C@@H](N)C(C)CC(=O)O. The third-order valence-corrected chi connectivity index (χ3v) is 1.58. The van der Waals surface area contributed by atoms with Gasteiger partial charge in [0.05, 0.1) is 6.04 Å². The number of carbonyl (C=O) groups excluding carboxylic acids is 1. The van der Waals surface area contributed by atoms with Gasteiger partial charge in [0.15, 0.2) is 0 Å². The van der Waals surface area contributed by atoms with Gasteiger partial charge in [-0.1, -0.05) is 6.92 Å². The van der Waals surface area contributed by atoms with Gasteiger partial charge in [-0.15, -0.1) is 0 Å². The van der Waals surface area contributed by atoms with Gasteiger partial charge in [-0.25, -0.2) is 0 Å². The van der Waals surface area contributed by atoms with Crippen molar-refractivity contribution in [3.8, 4) is 0 Å². The molecule has 3 N–H and O–H groups in total. The number of carboxylic acids is 1. The molecule has 4 heteroatoms. The van der Waals surface area contributed by atoms with E-state index in [1.165, 1.54) is 6.92 Å². The molecule has 0 heterocycles. The minimum atomic E-state index is -0.922. The zero-order valence-corrected chi connectivity index (χ0v) is 6.70. The van der Waals surface area contributed by atoms with Crippen LogP contribution in [0.25, 0.3) is 0 Å². The Morgan fingerprint density at radius 3 is 2.27 bits per heavy atom. The van der Waals surface area contributed by atoms with Gasteiger partial charge >= 0.3 is 5.97 Å². The summed E-state index contributed by atoms with van der Waals surface area (Å²) in [7, 11) is 0. The van der Waals surface area contributed by atoms with Gasteiger partial charge in [-0.05, 0) is 12.8 Å². The van der Waals surface area contributed by atoms with Crippen LogP contribution < -0.4 is 5.73 Å². The molecule has 0 aromatic rings. The monoisotopic (exact) mass is 159 g/mol.